The number of methoxy groups -OCH3 is 1. The van der Waals surface area contributed by atoms with Crippen LogP contribution in [0.25, 0.3) is 0 Å². The molecule has 0 radical (unpaired) electrons. The third-order valence-corrected chi connectivity index (χ3v) is 4.72. The number of benzene rings is 1. The highest BCUT2D eigenvalue weighted by atomic mass is 35.5. The van der Waals surface area contributed by atoms with Gasteiger partial charge >= 0.3 is 0 Å². The van der Waals surface area contributed by atoms with Gasteiger partial charge in [0.2, 0.25) is 0 Å². The Morgan fingerprint density at radius 2 is 2.05 bits per heavy atom. The average Bonchev–Trinajstić information content (AvgIpc) is 2.50. The Balaban J connectivity index is 2.39. The molecule has 0 aliphatic carbocycles. The molecule has 0 saturated heterocycles. The fourth-order valence-electron chi connectivity index (χ4n) is 1.99. The van der Waals surface area contributed by atoms with E-state index in [1.165, 1.54) is 4.90 Å². The van der Waals surface area contributed by atoms with Crippen LogP contribution in [0.2, 0.25) is 5.02 Å². The number of rotatable bonds is 11. The molecule has 0 aromatic heterocycles. The van der Waals surface area contributed by atoms with Gasteiger partial charge in [0.1, 0.15) is 0 Å². The van der Waals surface area contributed by atoms with Crippen LogP contribution in [0.15, 0.2) is 23.1 Å². The number of halogens is 1. The van der Waals surface area contributed by atoms with Crippen molar-refractivity contribution in [2.45, 2.75) is 25.3 Å². The number of ether oxygens (including phenoxy) is 1. The molecule has 3 nitrogen and oxygen atoms in total. The maximum absolute atomic E-state index is 6.34. The summed E-state index contributed by atoms with van der Waals surface area (Å²) in [6.45, 7) is 10.1. The monoisotopic (exact) mass is 330 g/mol. The Bertz CT molecular complexity index is 400. The molecule has 120 valence electrons. The molecule has 0 atom stereocenters. The highest BCUT2D eigenvalue weighted by Crippen LogP contribution is 2.25. The molecule has 0 saturated carbocycles. The predicted molar refractivity (Wildman–Crippen MR) is 93.5 cm³/mol. The van der Waals surface area contributed by atoms with Crippen LogP contribution in [0, 0.1) is 0 Å². The molecular formula is C16H27ClN2OS. The number of hydrogen-bond donors (Lipinski definition) is 1. The van der Waals surface area contributed by atoms with Gasteiger partial charge in [0.05, 0.1) is 6.61 Å². The van der Waals surface area contributed by atoms with E-state index in [0.717, 1.165) is 55.7 Å². The molecule has 1 aromatic rings. The molecule has 0 spiro atoms. The summed E-state index contributed by atoms with van der Waals surface area (Å²) in [4.78, 5) is 3.68. The van der Waals surface area contributed by atoms with E-state index in [1.54, 1.807) is 7.11 Å². The summed E-state index contributed by atoms with van der Waals surface area (Å²) >= 11 is 8.21. The highest BCUT2D eigenvalue weighted by molar-refractivity contribution is 7.99. The van der Waals surface area contributed by atoms with Crippen molar-refractivity contribution in [3.63, 3.8) is 0 Å². The first kappa shape index (κ1) is 18.8. The Labute approximate surface area is 138 Å². The quantitative estimate of drug-likeness (QED) is 0.495. The lowest BCUT2D eigenvalue weighted by atomic mass is 10.2. The molecule has 0 heterocycles. The molecule has 0 fully saturated rings. The van der Waals surface area contributed by atoms with Crippen molar-refractivity contribution >= 4 is 23.4 Å². The summed E-state index contributed by atoms with van der Waals surface area (Å²) in [5.41, 5.74) is 1.14. The van der Waals surface area contributed by atoms with Crippen LogP contribution in [0.5, 0.6) is 0 Å². The van der Waals surface area contributed by atoms with Crippen molar-refractivity contribution in [3.05, 3.63) is 28.8 Å². The predicted octanol–water partition coefficient (Wildman–Crippen LogP) is 3.51. The van der Waals surface area contributed by atoms with E-state index in [1.807, 2.05) is 11.8 Å². The van der Waals surface area contributed by atoms with Crippen molar-refractivity contribution < 1.29 is 4.74 Å². The van der Waals surface area contributed by atoms with E-state index in [-0.39, 0.29) is 0 Å². The third kappa shape index (κ3) is 7.52. The van der Waals surface area contributed by atoms with Crippen LogP contribution in [0.3, 0.4) is 0 Å². The standard InChI is InChI=1S/C16H27ClN2OS/c1-4-19(5-2)9-11-21-15-7-6-14(16(17)12-15)13-18-8-10-20-3/h6-7,12,18H,4-5,8-11,13H2,1-3H3. The summed E-state index contributed by atoms with van der Waals surface area (Å²) in [7, 11) is 1.71. The van der Waals surface area contributed by atoms with Gasteiger partial charge in [0, 0.05) is 42.4 Å². The minimum Gasteiger partial charge on any atom is -0.383 e. The SMILES string of the molecule is CCN(CC)CCSc1ccc(CNCCOC)c(Cl)c1. The molecule has 0 amide bonds. The summed E-state index contributed by atoms with van der Waals surface area (Å²) in [6, 6.07) is 6.34. The topological polar surface area (TPSA) is 24.5 Å². The number of nitrogens with one attached hydrogen (secondary N) is 1. The van der Waals surface area contributed by atoms with Crippen LogP contribution in [-0.2, 0) is 11.3 Å². The van der Waals surface area contributed by atoms with Gasteiger partial charge in [0.15, 0.2) is 0 Å². The zero-order valence-corrected chi connectivity index (χ0v) is 14.9. The second kappa shape index (κ2) is 11.3. The van der Waals surface area contributed by atoms with Crippen molar-refractivity contribution in [1.82, 2.24) is 10.2 Å². The van der Waals surface area contributed by atoms with Gasteiger partial charge in [-0.2, -0.15) is 0 Å². The van der Waals surface area contributed by atoms with Crippen molar-refractivity contribution in [3.8, 4) is 0 Å². The van der Waals surface area contributed by atoms with Crippen LogP contribution < -0.4 is 5.32 Å². The summed E-state index contributed by atoms with van der Waals surface area (Å²) in [6.07, 6.45) is 0. The van der Waals surface area contributed by atoms with E-state index in [4.69, 9.17) is 16.3 Å². The molecule has 0 bridgehead atoms. The van der Waals surface area contributed by atoms with E-state index in [2.05, 4.69) is 42.3 Å². The first-order chi connectivity index (χ1) is 10.2. The van der Waals surface area contributed by atoms with Gasteiger partial charge in [-0.3, -0.25) is 0 Å². The molecule has 0 aliphatic rings. The average molecular weight is 331 g/mol. The lowest BCUT2D eigenvalue weighted by Gasteiger charge is -2.17. The lowest BCUT2D eigenvalue weighted by Crippen LogP contribution is -2.25. The van der Waals surface area contributed by atoms with Gasteiger partial charge < -0.3 is 15.0 Å². The van der Waals surface area contributed by atoms with E-state index >= 15 is 0 Å². The second-order valence-electron chi connectivity index (χ2n) is 4.80. The fraction of sp³-hybridized carbons (Fsp3) is 0.625. The fourth-order valence-corrected chi connectivity index (χ4v) is 3.25. The Kier molecular flexibility index (Phi) is 10.1. The maximum Gasteiger partial charge on any atom is 0.0587 e. The Hall–Kier alpha value is -0.260. The Morgan fingerprint density at radius 1 is 1.29 bits per heavy atom. The van der Waals surface area contributed by atoms with E-state index in [0.29, 0.717) is 0 Å². The largest absolute Gasteiger partial charge is 0.383 e. The van der Waals surface area contributed by atoms with Crippen molar-refractivity contribution in [2.75, 3.05) is 45.6 Å². The lowest BCUT2D eigenvalue weighted by molar-refractivity contribution is 0.199. The van der Waals surface area contributed by atoms with Gasteiger partial charge in [-0.15, -0.1) is 11.8 Å². The first-order valence-corrected chi connectivity index (χ1v) is 8.90. The van der Waals surface area contributed by atoms with Crippen LogP contribution in [-0.4, -0.2) is 50.5 Å². The van der Waals surface area contributed by atoms with Crippen LogP contribution in [0.1, 0.15) is 19.4 Å². The van der Waals surface area contributed by atoms with Crippen LogP contribution >= 0.6 is 23.4 Å². The zero-order valence-electron chi connectivity index (χ0n) is 13.3. The minimum absolute atomic E-state index is 0.719. The van der Waals surface area contributed by atoms with Gasteiger partial charge in [0.25, 0.3) is 0 Å². The molecule has 0 unspecified atom stereocenters. The zero-order chi connectivity index (χ0) is 15.5. The normalized spacial score (nSPS) is 11.3. The first-order valence-electron chi connectivity index (χ1n) is 7.54. The van der Waals surface area contributed by atoms with E-state index in [9.17, 15) is 0 Å². The number of nitrogens with zero attached hydrogens (tertiary/aromatic N) is 1. The summed E-state index contributed by atoms with van der Waals surface area (Å²) < 4.78 is 5.01. The highest BCUT2D eigenvalue weighted by Gasteiger charge is 2.04. The molecule has 21 heavy (non-hydrogen) atoms. The molecule has 1 N–H and O–H groups in total. The van der Waals surface area contributed by atoms with Crippen molar-refractivity contribution in [2.24, 2.45) is 0 Å². The molecule has 0 aliphatic heterocycles. The molecule has 1 rings (SSSR count). The van der Waals surface area contributed by atoms with E-state index < -0.39 is 0 Å². The van der Waals surface area contributed by atoms with Crippen molar-refractivity contribution in [1.29, 1.82) is 0 Å². The van der Waals surface area contributed by atoms with Gasteiger partial charge in [-0.1, -0.05) is 31.5 Å². The minimum atomic E-state index is 0.719. The smallest absolute Gasteiger partial charge is 0.0587 e. The second-order valence-corrected chi connectivity index (χ2v) is 6.37. The summed E-state index contributed by atoms with van der Waals surface area (Å²) in [5, 5.41) is 4.15. The van der Waals surface area contributed by atoms with Gasteiger partial charge in [-0.05, 0) is 30.8 Å². The summed E-state index contributed by atoms with van der Waals surface area (Å²) in [5.74, 6) is 1.10. The number of thioether (sulfide) groups is 1. The third-order valence-electron chi connectivity index (χ3n) is 3.39. The van der Waals surface area contributed by atoms with Gasteiger partial charge in [-0.25, -0.2) is 0 Å². The molecular weight excluding hydrogens is 304 g/mol. The number of hydrogen-bond acceptors (Lipinski definition) is 4. The molecule has 1 aromatic carbocycles. The maximum atomic E-state index is 6.34. The molecule has 5 heteroatoms. The van der Waals surface area contributed by atoms with Crippen LogP contribution in [0.4, 0.5) is 0 Å². The Morgan fingerprint density at radius 3 is 2.67 bits per heavy atom.